The number of aromatic nitrogens is 1. The lowest BCUT2D eigenvalue weighted by molar-refractivity contribution is -0.188. The molecule has 2 aliphatic rings. The third-order valence-corrected chi connectivity index (χ3v) is 7.53. The van der Waals surface area contributed by atoms with Crippen LogP contribution in [0.5, 0.6) is 0 Å². The Kier molecular flexibility index (Phi) is 11.6. The second kappa shape index (κ2) is 15.3. The number of aliphatic hydroxyl groups excluding tert-OH is 1. The van der Waals surface area contributed by atoms with Gasteiger partial charge < -0.3 is 15.7 Å². The molecule has 2 aliphatic heterocycles. The standard InChI is InChI=1S/C32H44N6O6/c1-32(2,3)35-31(43)27-21-36(19-24-10-7-13-33-18-24)14-15-37(27)20-26(39)17-25(16-23-8-5-4-6-9-23)34-28(40)22-44-38-29(41)11-12-30(38)42/h4-10,13,18,25-27,39H,11-12,14-17,19-22H2,1-3H3,(H,34,40)(H,35,43)/t25-,26+,27+/m1/s1. The van der Waals surface area contributed by atoms with E-state index in [1.807, 2.05) is 74.3 Å². The van der Waals surface area contributed by atoms with Crippen molar-refractivity contribution < 1.29 is 29.1 Å². The molecule has 2 aromatic rings. The number of aliphatic hydroxyl groups is 1. The van der Waals surface area contributed by atoms with Crippen molar-refractivity contribution in [1.29, 1.82) is 0 Å². The Morgan fingerprint density at radius 3 is 2.41 bits per heavy atom. The molecular formula is C32H44N6O6. The predicted octanol–water partition coefficient (Wildman–Crippen LogP) is 1.04. The van der Waals surface area contributed by atoms with Gasteiger partial charge in [-0.25, -0.2) is 0 Å². The lowest BCUT2D eigenvalue weighted by atomic mass is 9.99. The quantitative estimate of drug-likeness (QED) is 0.284. The summed E-state index contributed by atoms with van der Waals surface area (Å²) in [5.41, 5.74) is 1.63. The number of amides is 4. The molecule has 2 fully saturated rings. The van der Waals surface area contributed by atoms with E-state index in [9.17, 15) is 24.3 Å². The summed E-state index contributed by atoms with van der Waals surface area (Å²) in [6.07, 6.45) is 3.53. The highest BCUT2D eigenvalue weighted by Crippen LogP contribution is 2.18. The van der Waals surface area contributed by atoms with Crippen molar-refractivity contribution >= 4 is 23.6 Å². The van der Waals surface area contributed by atoms with Gasteiger partial charge in [-0.05, 0) is 50.8 Å². The first kappa shape index (κ1) is 33.2. The molecule has 3 heterocycles. The van der Waals surface area contributed by atoms with E-state index in [1.54, 1.807) is 6.20 Å². The third-order valence-electron chi connectivity index (χ3n) is 7.53. The highest BCUT2D eigenvalue weighted by Gasteiger charge is 2.35. The molecule has 3 N–H and O–H groups in total. The molecule has 0 radical (unpaired) electrons. The molecule has 12 nitrogen and oxygen atoms in total. The van der Waals surface area contributed by atoms with Crippen molar-refractivity contribution in [3.05, 3.63) is 66.0 Å². The van der Waals surface area contributed by atoms with Gasteiger partial charge in [0.2, 0.25) is 11.8 Å². The normalized spacial score (nSPS) is 19.5. The molecule has 3 atom stereocenters. The van der Waals surface area contributed by atoms with E-state index in [-0.39, 0.29) is 31.7 Å². The minimum Gasteiger partial charge on any atom is -0.392 e. The Bertz CT molecular complexity index is 1250. The van der Waals surface area contributed by atoms with Gasteiger partial charge in [0.25, 0.3) is 11.8 Å². The van der Waals surface area contributed by atoms with Crippen molar-refractivity contribution in [1.82, 2.24) is 30.5 Å². The van der Waals surface area contributed by atoms with E-state index in [2.05, 4.69) is 20.5 Å². The number of carbonyl (C=O) groups excluding carboxylic acids is 4. The lowest BCUT2D eigenvalue weighted by Crippen LogP contribution is -2.62. The lowest BCUT2D eigenvalue weighted by Gasteiger charge is -2.42. The second-order valence-corrected chi connectivity index (χ2v) is 12.5. The predicted molar refractivity (Wildman–Crippen MR) is 163 cm³/mol. The smallest absolute Gasteiger partial charge is 0.254 e. The summed E-state index contributed by atoms with van der Waals surface area (Å²) in [5, 5.41) is 17.9. The van der Waals surface area contributed by atoms with E-state index in [4.69, 9.17) is 4.84 Å². The Balaban J connectivity index is 1.40. The van der Waals surface area contributed by atoms with E-state index in [1.165, 1.54) is 0 Å². The SMILES string of the molecule is CC(C)(C)NC(=O)[C@@H]1CN(Cc2cccnc2)CCN1C[C@@H](O)C[C@@H](Cc1ccccc1)NC(=O)CON1C(=O)CCC1=O. The van der Waals surface area contributed by atoms with Gasteiger partial charge in [0.05, 0.1) is 6.10 Å². The molecule has 1 aromatic carbocycles. The summed E-state index contributed by atoms with van der Waals surface area (Å²) in [6, 6.07) is 12.6. The number of benzene rings is 1. The number of pyridine rings is 1. The zero-order valence-corrected chi connectivity index (χ0v) is 25.8. The minimum absolute atomic E-state index is 0.0652. The van der Waals surface area contributed by atoms with Crippen LogP contribution in [-0.4, -0.2) is 105 Å². The fourth-order valence-electron chi connectivity index (χ4n) is 5.55. The largest absolute Gasteiger partial charge is 0.392 e. The molecule has 44 heavy (non-hydrogen) atoms. The van der Waals surface area contributed by atoms with Gasteiger partial charge in [-0.2, -0.15) is 5.06 Å². The number of nitrogens with one attached hydrogen (secondary N) is 2. The number of piperazine rings is 1. The van der Waals surface area contributed by atoms with Crippen molar-refractivity contribution in [2.75, 3.05) is 32.8 Å². The second-order valence-electron chi connectivity index (χ2n) is 12.5. The third kappa shape index (κ3) is 10.2. The molecule has 0 spiro atoms. The number of hydroxylamine groups is 2. The van der Waals surface area contributed by atoms with Crippen LogP contribution in [0.2, 0.25) is 0 Å². The number of β-amino-alcohol motifs (C(OH)–C–C–N with tert-alkyl or cyclic N) is 1. The van der Waals surface area contributed by atoms with Crippen molar-refractivity contribution in [2.24, 2.45) is 0 Å². The van der Waals surface area contributed by atoms with Gasteiger partial charge in [0, 0.05) is 69.5 Å². The summed E-state index contributed by atoms with van der Waals surface area (Å²) in [5.74, 6) is -1.54. The number of hydrogen-bond acceptors (Lipinski definition) is 9. The number of hydrogen-bond donors (Lipinski definition) is 3. The average Bonchev–Trinajstić information content (AvgIpc) is 3.29. The summed E-state index contributed by atoms with van der Waals surface area (Å²) in [4.78, 5) is 63.6. The van der Waals surface area contributed by atoms with Crippen molar-refractivity contribution in [2.45, 2.75) is 76.7 Å². The maximum atomic E-state index is 13.4. The van der Waals surface area contributed by atoms with Crippen LogP contribution in [0.15, 0.2) is 54.9 Å². The van der Waals surface area contributed by atoms with Gasteiger partial charge in [-0.15, -0.1) is 0 Å². The first-order valence-electron chi connectivity index (χ1n) is 15.1. The summed E-state index contributed by atoms with van der Waals surface area (Å²) in [6.45, 7) is 8.05. The Hall–Kier alpha value is -3.71. The summed E-state index contributed by atoms with van der Waals surface area (Å²) in [7, 11) is 0. The Morgan fingerprint density at radius 1 is 1.05 bits per heavy atom. The van der Waals surface area contributed by atoms with E-state index in [0.29, 0.717) is 31.1 Å². The molecule has 0 unspecified atom stereocenters. The maximum Gasteiger partial charge on any atom is 0.254 e. The molecule has 0 bridgehead atoms. The van der Waals surface area contributed by atoms with Crippen LogP contribution in [-0.2, 0) is 37.0 Å². The molecular weight excluding hydrogens is 564 g/mol. The molecule has 1 aromatic heterocycles. The highest BCUT2D eigenvalue weighted by molar-refractivity contribution is 6.00. The average molecular weight is 609 g/mol. The van der Waals surface area contributed by atoms with Gasteiger partial charge in [0.15, 0.2) is 6.61 Å². The summed E-state index contributed by atoms with van der Waals surface area (Å²) >= 11 is 0. The molecule has 12 heteroatoms. The number of rotatable bonds is 13. The van der Waals surface area contributed by atoms with Gasteiger partial charge >= 0.3 is 0 Å². The monoisotopic (exact) mass is 608 g/mol. The maximum absolute atomic E-state index is 13.4. The van der Waals surface area contributed by atoms with Crippen molar-refractivity contribution in [3.8, 4) is 0 Å². The van der Waals surface area contributed by atoms with Gasteiger partial charge in [-0.1, -0.05) is 36.4 Å². The van der Waals surface area contributed by atoms with Crippen LogP contribution >= 0.6 is 0 Å². The Morgan fingerprint density at radius 2 is 1.75 bits per heavy atom. The zero-order chi connectivity index (χ0) is 31.7. The molecule has 4 rings (SSSR count). The zero-order valence-electron chi connectivity index (χ0n) is 25.8. The van der Waals surface area contributed by atoms with Gasteiger partial charge in [-0.3, -0.25) is 38.8 Å². The van der Waals surface area contributed by atoms with Crippen LogP contribution in [0.3, 0.4) is 0 Å². The van der Waals surface area contributed by atoms with Crippen molar-refractivity contribution in [3.63, 3.8) is 0 Å². The fourth-order valence-corrected chi connectivity index (χ4v) is 5.55. The molecule has 2 saturated heterocycles. The van der Waals surface area contributed by atoms with Gasteiger partial charge in [0.1, 0.15) is 6.04 Å². The van der Waals surface area contributed by atoms with E-state index >= 15 is 0 Å². The topological polar surface area (TPSA) is 144 Å². The molecule has 4 amide bonds. The molecule has 0 aliphatic carbocycles. The van der Waals surface area contributed by atoms with E-state index < -0.39 is 48.1 Å². The fraction of sp³-hybridized carbons (Fsp3) is 0.531. The first-order valence-corrected chi connectivity index (χ1v) is 15.1. The minimum atomic E-state index is -0.846. The highest BCUT2D eigenvalue weighted by atomic mass is 16.7. The van der Waals surface area contributed by atoms with Crippen LogP contribution in [0.4, 0.5) is 0 Å². The molecule has 238 valence electrons. The van der Waals surface area contributed by atoms with Crippen LogP contribution in [0, 0.1) is 0 Å². The Labute approximate surface area is 258 Å². The first-order chi connectivity index (χ1) is 21.0. The number of carbonyl (C=O) groups is 4. The number of nitrogens with zero attached hydrogens (tertiary/aromatic N) is 4. The van der Waals surface area contributed by atoms with Crippen LogP contribution in [0.25, 0.3) is 0 Å². The van der Waals surface area contributed by atoms with Crippen LogP contribution in [0.1, 0.15) is 51.2 Å². The molecule has 0 saturated carbocycles. The summed E-state index contributed by atoms with van der Waals surface area (Å²) < 4.78 is 0. The van der Waals surface area contributed by atoms with E-state index in [0.717, 1.165) is 17.7 Å². The van der Waals surface area contributed by atoms with Crippen LogP contribution < -0.4 is 10.6 Å². The number of imide groups is 1.